The third-order valence-electron chi connectivity index (χ3n) is 4.14. The molecule has 1 saturated carbocycles. The highest BCUT2D eigenvalue weighted by atomic mass is 32.2. The molecule has 3 unspecified atom stereocenters. The van der Waals surface area contributed by atoms with E-state index in [1.807, 2.05) is 6.08 Å². The summed E-state index contributed by atoms with van der Waals surface area (Å²) in [6, 6.07) is 3.20. The van der Waals surface area contributed by atoms with Crippen molar-refractivity contribution in [3.05, 3.63) is 36.2 Å². The second-order valence-corrected chi connectivity index (χ2v) is 7.12. The molecule has 5 nitrogen and oxygen atoms in total. The number of halogens is 1. The monoisotopic (exact) mass is 310 g/mol. The van der Waals surface area contributed by atoms with Crippen molar-refractivity contribution in [3.63, 3.8) is 0 Å². The van der Waals surface area contributed by atoms with Gasteiger partial charge in [-0.3, -0.25) is 4.79 Å². The predicted octanol–water partition coefficient (Wildman–Crippen LogP) is 1.62. The van der Waals surface area contributed by atoms with Crippen molar-refractivity contribution in [3.8, 4) is 0 Å². The maximum Gasteiger partial charge on any atom is 0.238 e. The fourth-order valence-electron chi connectivity index (χ4n) is 3.08. The fourth-order valence-corrected chi connectivity index (χ4v) is 3.61. The van der Waals surface area contributed by atoms with E-state index in [-0.39, 0.29) is 28.3 Å². The molecule has 1 fully saturated rings. The van der Waals surface area contributed by atoms with E-state index >= 15 is 0 Å². The van der Waals surface area contributed by atoms with Gasteiger partial charge in [-0.2, -0.15) is 0 Å². The molecule has 1 amide bonds. The molecule has 7 heteroatoms. The first kappa shape index (κ1) is 14.2. The maximum absolute atomic E-state index is 13.9. The number of amides is 1. The molecule has 0 saturated heterocycles. The van der Waals surface area contributed by atoms with Crippen molar-refractivity contribution in [1.82, 2.24) is 0 Å². The Balaban J connectivity index is 1.76. The van der Waals surface area contributed by atoms with Crippen molar-refractivity contribution in [2.75, 3.05) is 5.32 Å². The number of hydrogen-bond acceptors (Lipinski definition) is 3. The summed E-state index contributed by atoms with van der Waals surface area (Å²) in [7, 11) is -3.95. The molecule has 21 heavy (non-hydrogen) atoms. The number of sulfonamides is 1. The third kappa shape index (κ3) is 2.71. The number of carbonyl (C=O) groups excluding carboxylic acids is 1. The summed E-state index contributed by atoms with van der Waals surface area (Å²) < 4.78 is 36.1. The van der Waals surface area contributed by atoms with Gasteiger partial charge in [-0.15, -0.1) is 0 Å². The molecule has 3 rings (SSSR count). The largest absolute Gasteiger partial charge is 0.323 e. The Kier molecular flexibility index (Phi) is 3.33. The minimum Gasteiger partial charge on any atom is -0.323 e. The van der Waals surface area contributed by atoms with Crippen LogP contribution in [-0.2, 0) is 14.8 Å². The summed E-state index contributed by atoms with van der Waals surface area (Å²) in [5, 5.41) is 7.46. The van der Waals surface area contributed by atoms with Gasteiger partial charge in [0.25, 0.3) is 0 Å². The Bertz CT molecular complexity index is 730. The van der Waals surface area contributed by atoms with Crippen LogP contribution in [0.1, 0.15) is 12.8 Å². The Morgan fingerprint density at radius 1 is 1.29 bits per heavy atom. The molecule has 1 aromatic rings. The number of nitrogens with two attached hydrogens (primary N) is 1. The molecule has 2 aliphatic rings. The van der Waals surface area contributed by atoms with Crippen LogP contribution in [0.15, 0.2) is 35.2 Å². The van der Waals surface area contributed by atoms with Gasteiger partial charge >= 0.3 is 0 Å². The van der Waals surface area contributed by atoms with Crippen LogP contribution in [0, 0.1) is 23.6 Å². The first-order valence-corrected chi connectivity index (χ1v) is 8.21. The average molecular weight is 310 g/mol. The van der Waals surface area contributed by atoms with Crippen molar-refractivity contribution in [2.45, 2.75) is 17.7 Å². The quantitative estimate of drug-likeness (QED) is 0.831. The predicted molar refractivity (Wildman–Crippen MR) is 75.2 cm³/mol. The molecule has 3 atom stereocenters. The molecule has 0 radical (unpaired) electrons. The molecule has 0 heterocycles. The van der Waals surface area contributed by atoms with Crippen LogP contribution >= 0.6 is 0 Å². The zero-order chi connectivity index (χ0) is 15.2. The van der Waals surface area contributed by atoms with Gasteiger partial charge in [0.2, 0.25) is 15.9 Å². The fraction of sp³-hybridized carbons (Fsp3) is 0.357. The molecular weight excluding hydrogens is 295 g/mol. The summed E-state index contributed by atoms with van der Waals surface area (Å²) in [5.41, 5.74) is -0.0286. The van der Waals surface area contributed by atoms with Crippen molar-refractivity contribution in [2.24, 2.45) is 22.9 Å². The van der Waals surface area contributed by atoms with Gasteiger partial charge < -0.3 is 5.32 Å². The van der Waals surface area contributed by atoms with Gasteiger partial charge in [0.15, 0.2) is 0 Å². The molecule has 2 aliphatic carbocycles. The van der Waals surface area contributed by atoms with Crippen LogP contribution < -0.4 is 10.5 Å². The van der Waals surface area contributed by atoms with E-state index < -0.39 is 15.8 Å². The second kappa shape index (κ2) is 4.92. The number of fused-ring (bicyclic) bond motifs is 2. The Morgan fingerprint density at radius 2 is 2.05 bits per heavy atom. The highest BCUT2D eigenvalue weighted by Crippen LogP contribution is 2.43. The molecule has 2 bridgehead atoms. The Morgan fingerprint density at radius 3 is 2.57 bits per heavy atom. The second-order valence-electron chi connectivity index (χ2n) is 5.56. The zero-order valence-corrected chi connectivity index (χ0v) is 11.9. The normalized spacial score (nSPS) is 27.0. The standard InChI is InChI=1S/C14H15FN2O3S/c15-12-7-10(21(16,19)20)3-4-13(12)17-14(18)11-6-8-1-2-9(11)5-8/h1-4,7-9,11H,5-6H2,(H,17,18)(H2,16,19,20). The van der Waals surface area contributed by atoms with Crippen molar-refractivity contribution in [1.29, 1.82) is 0 Å². The lowest BCUT2D eigenvalue weighted by Crippen LogP contribution is -2.26. The first-order chi connectivity index (χ1) is 9.84. The number of hydrogen-bond donors (Lipinski definition) is 2. The SMILES string of the molecule is NS(=O)(=O)c1ccc(NC(=O)C2CC3C=CC2C3)c(F)c1. The third-order valence-corrected chi connectivity index (χ3v) is 5.05. The molecule has 0 aromatic heterocycles. The van der Waals surface area contributed by atoms with Gasteiger partial charge in [0.05, 0.1) is 10.6 Å². The number of anilines is 1. The zero-order valence-electron chi connectivity index (χ0n) is 11.1. The molecular formula is C14H15FN2O3S. The van der Waals surface area contributed by atoms with E-state index in [1.165, 1.54) is 12.1 Å². The van der Waals surface area contributed by atoms with E-state index in [9.17, 15) is 17.6 Å². The lowest BCUT2D eigenvalue weighted by molar-refractivity contribution is -0.120. The van der Waals surface area contributed by atoms with Crippen molar-refractivity contribution >= 4 is 21.6 Å². The average Bonchev–Trinajstić information content (AvgIpc) is 3.02. The summed E-state index contributed by atoms with van der Waals surface area (Å²) in [6.45, 7) is 0. The van der Waals surface area contributed by atoms with E-state index in [1.54, 1.807) is 0 Å². The van der Waals surface area contributed by atoms with Crippen LogP contribution in [0.2, 0.25) is 0 Å². The number of carbonyl (C=O) groups is 1. The summed E-state index contributed by atoms with van der Waals surface area (Å²) in [6.07, 6.45) is 5.92. The number of nitrogens with one attached hydrogen (secondary N) is 1. The summed E-state index contributed by atoms with van der Waals surface area (Å²) in [5.74, 6) is -0.512. The lowest BCUT2D eigenvalue weighted by atomic mass is 9.93. The van der Waals surface area contributed by atoms with E-state index in [0.717, 1.165) is 18.9 Å². The Hall–Kier alpha value is -1.73. The number of benzene rings is 1. The molecule has 0 aliphatic heterocycles. The van der Waals surface area contributed by atoms with Gasteiger partial charge in [-0.25, -0.2) is 17.9 Å². The highest BCUT2D eigenvalue weighted by Gasteiger charge is 2.39. The molecule has 3 N–H and O–H groups in total. The maximum atomic E-state index is 13.9. The van der Waals surface area contributed by atoms with Crippen LogP contribution in [0.3, 0.4) is 0 Å². The summed E-state index contributed by atoms with van der Waals surface area (Å²) >= 11 is 0. The number of allylic oxidation sites excluding steroid dienone is 2. The molecule has 0 spiro atoms. The molecule has 112 valence electrons. The van der Waals surface area contributed by atoms with Gasteiger partial charge in [-0.1, -0.05) is 12.2 Å². The van der Waals surface area contributed by atoms with Crippen molar-refractivity contribution < 1.29 is 17.6 Å². The number of rotatable bonds is 3. The minimum atomic E-state index is -3.95. The van der Waals surface area contributed by atoms with E-state index in [4.69, 9.17) is 5.14 Å². The van der Waals surface area contributed by atoms with Crippen LogP contribution in [0.5, 0.6) is 0 Å². The van der Waals surface area contributed by atoms with E-state index in [0.29, 0.717) is 5.92 Å². The smallest absolute Gasteiger partial charge is 0.238 e. The van der Waals surface area contributed by atoms with Crippen LogP contribution in [0.25, 0.3) is 0 Å². The van der Waals surface area contributed by atoms with Crippen LogP contribution in [-0.4, -0.2) is 14.3 Å². The van der Waals surface area contributed by atoms with Gasteiger partial charge in [0, 0.05) is 5.92 Å². The van der Waals surface area contributed by atoms with E-state index in [2.05, 4.69) is 11.4 Å². The first-order valence-electron chi connectivity index (χ1n) is 6.66. The Labute approximate surface area is 122 Å². The highest BCUT2D eigenvalue weighted by molar-refractivity contribution is 7.89. The van der Waals surface area contributed by atoms with Crippen LogP contribution in [0.4, 0.5) is 10.1 Å². The summed E-state index contributed by atoms with van der Waals surface area (Å²) in [4.78, 5) is 11.9. The number of primary sulfonamides is 1. The lowest BCUT2D eigenvalue weighted by Gasteiger charge is -2.17. The van der Waals surface area contributed by atoms with Gasteiger partial charge in [0.1, 0.15) is 5.82 Å². The molecule has 1 aromatic carbocycles. The van der Waals surface area contributed by atoms with Gasteiger partial charge in [-0.05, 0) is 42.9 Å². The minimum absolute atomic E-state index is 0.0286. The topological polar surface area (TPSA) is 89.3 Å².